The standard InChI is InChI=1S/C21H26O2/c1-21(2,3)19-11-15(12-22-4)18(13-23-5)17-10-14-8-6-7-9-16(14)20(17)19/h6-9,11H,10,12-13H2,1-5H3. The lowest BCUT2D eigenvalue weighted by Crippen LogP contribution is -2.16. The summed E-state index contributed by atoms with van der Waals surface area (Å²) in [6.45, 7) is 8.13. The number of rotatable bonds is 4. The van der Waals surface area contributed by atoms with Gasteiger partial charge in [-0.2, -0.15) is 0 Å². The van der Waals surface area contributed by atoms with Crippen molar-refractivity contribution in [2.24, 2.45) is 0 Å². The van der Waals surface area contributed by atoms with Gasteiger partial charge in [-0.3, -0.25) is 0 Å². The first-order valence-electron chi connectivity index (χ1n) is 8.21. The highest BCUT2D eigenvalue weighted by Crippen LogP contribution is 2.45. The molecule has 0 atom stereocenters. The van der Waals surface area contributed by atoms with Gasteiger partial charge in [0, 0.05) is 14.2 Å². The summed E-state index contributed by atoms with van der Waals surface area (Å²) >= 11 is 0. The second-order valence-corrected chi connectivity index (χ2v) is 7.37. The molecule has 0 unspecified atom stereocenters. The van der Waals surface area contributed by atoms with Crippen LogP contribution in [0, 0.1) is 0 Å². The van der Waals surface area contributed by atoms with Gasteiger partial charge in [0.2, 0.25) is 0 Å². The molecule has 2 aromatic rings. The summed E-state index contributed by atoms with van der Waals surface area (Å²) < 4.78 is 11.0. The van der Waals surface area contributed by atoms with E-state index in [1.54, 1.807) is 14.2 Å². The zero-order valence-electron chi connectivity index (χ0n) is 14.8. The highest BCUT2D eigenvalue weighted by Gasteiger charge is 2.30. The van der Waals surface area contributed by atoms with E-state index >= 15 is 0 Å². The zero-order chi connectivity index (χ0) is 16.6. The molecule has 2 heteroatoms. The van der Waals surface area contributed by atoms with Crippen LogP contribution >= 0.6 is 0 Å². The van der Waals surface area contributed by atoms with Crippen LogP contribution in [0.4, 0.5) is 0 Å². The minimum atomic E-state index is 0.0929. The third kappa shape index (κ3) is 2.82. The third-order valence-corrected chi connectivity index (χ3v) is 4.69. The number of benzene rings is 2. The molecule has 23 heavy (non-hydrogen) atoms. The van der Waals surface area contributed by atoms with Crippen LogP contribution in [0.2, 0.25) is 0 Å². The molecule has 3 rings (SSSR count). The maximum atomic E-state index is 5.51. The maximum absolute atomic E-state index is 5.51. The molecule has 0 saturated carbocycles. The van der Waals surface area contributed by atoms with Gasteiger partial charge in [-0.05, 0) is 50.8 Å². The van der Waals surface area contributed by atoms with Crippen molar-refractivity contribution in [3.05, 3.63) is 58.1 Å². The number of methoxy groups -OCH3 is 2. The smallest absolute Gasteiger partial charge is 0.0719 e. The minimum Gasteiger partial charge on any atom is -0.380 e. The van der Waals surface area contributed by atoms with Gasteiger partial charge >= 0.3 is 0 Å². The molecule has 0 saturated heterocycles. The Morgan fingerprint density at radius 2 is 1.70 bits per heavy atom. The number of hydrogen-bond donors (Lipinski definition) is 0. The average molecular weight is 310 g/mol. The Labute approximate surface area is 139 Å². The van der Waals surface area contributed by atoms with E-state index in [1.807, 2.05) is 0 Å². The van der Waals surface area contributed by atoms with Crippen molar-refractivity contribution in [1.82, 2.24) is 0 Å². The van der Waals surface area contributed by atoms with E-state index in [4.69, 9.17) is 9.47 Å². The second-order valence-electron chi connectivity index (χ2n) is 7.37. The van der Waals surface area contributed by atoms with Gasteiger partial charge in [0.25, 0.3) is 0 Å². The number of fused-ring (bicyclic) bond motifs is 3. The minimum absolute atomic E-state index is 0.0929. The molecule has 122 valence electrons. The molecule has 1 aliphatic carbocycles. The first-order valence-corrected chi connectivity index (χ1v) is 8.21. The van der Waals surface area contributed by atoms with Crippen LogP contribution in [0.3, 0.4) is 0 Å². The summed E-state index contributed by atoms with van der Waals surface area (Å²) in [6.07, 6.45) is 0.991. The molecule has 2 aromatic carbocycles. The van der Waals surface area contributed by atoms with Crippen molar-refractivity contribution >= 4 is 0 Å². The van der Waals surface area contributed by atoms with E-state index in [1.165, 1.54) is 38.9 Å². The highest BCUT2D eigenvalue weighted by molar-refractivity contribution is 5.82. The lowest BCUT2D eigenvalue weighted by atomic mass is 9.79. The van der Waals surface area contributed by atoms with Crippen molar-refractivity contribution < 1.29 is 9.47 Å². The Morgan fingerprint density at radius 3 is 2.35 bits per heavy atom. The van der Waals surface area contributed by atoms with Crippen LogP contribution in [-0.4, -0.2) is 14.2 Å². The number of hydrogen-bond acceptors (Lipinski definition) is 2. The molecule has 0 bridgehead atoms. The van der Waals surface area contributed by atoms with Crippen molar-refractivity contribution in [2.45, 2.75) is 45.8 Å². The second kappa shape index (κ2) is 6.10. The summed E-state index contributed by atoms with van der Waals surface area (Å²) in [7, 11) is 3.53. The topological polar surface area (TPSA) is 18.5 Å². The zero-order valence-corrected chi connectivity index (χ0v) is 14.8. The van der Waals surface area contributed by atoms with Crippen LogP contribution in [0.25, 0.3) is 11.1 Å². The molecular formula is C21H26O2. The Morgan fingerprint density at radius 1 is 1.00 bits per heavy atom. The first-order chi connectivity index (χ1) is 11.0. The largest absolute Gasteiger partial charge is 0.380 e. The fourth-order valence-corrected chi connectivity index (χ4v) is 3.65. The average Bonchev–Trinajstić information content (AvgIpc) is 2.88. The van der Waals surface area contributed by atoms with E-state index in [0.29, 0.717) is 13.2 Å². The molecule has 1 aliphatic rings. The third-order valence-electron chi connectivity index (χ3n) is 4.69. The normalized spacial score (nSPS) is 13.1. The number of ether oxygens (including phenoxy) is 2. The maximum Gasteiger partial charge on any atom is 0.0719 e. The Hall–Kier alpha value is -1.64. The SMILES string of the molecule is COCc1cc(C(C)(C)C)c2c(c1COC)Cc1ccccc1-2. The molecule has 0 N–H and O–H groups in total. The fraction of sp³-hybridized carbons (Fsp3) is 0.429. The van der Waals surface area contributed by atoms with E-state index in [9.17, 15) is 0 Å². The lowest BCUT2D eigenvalue weighted by molar-refractivity contribution is 0.167. The summed E-state index contributed by atoms with van der Waals surface area (Å²) in [5, 5.41) is 0. The van der Waals surface area contributed by atoms with Gasteiger partial charge in [-0.15, -0.1) is 0 Å². The van der Waals surface area contributed by atoms with E-state index in [2.05, 4.69) is 51.1 Å². The summed E-state index contributed by atoms with van der Waals surface area (Å²) in [5.74, 6) is 0. The van der Waals surface area contributed by atoms with Crippen LogP contribution in [0.5, 0.6) is 0 Å². The van der Waals surface area contributed by atoms with E-state index in [0.717, 1.165) is 6.42 Å². The van der Waals surface area contributed by atoms with Gasteiger partial charge in [0.05, 0.1) is 13.2 Å². The van der Waals surface area contributed by atoms with E-state index in [-0.39, 0.29) is 5.41 Å². The molecule has 0 fully saturated rings. The quantitative estimate of drug-likeness (QED) is 0.686. The van der Waals surface area contributed by atoms with Gasteiger partial charge in [-0.1, -0.05) is 51.1 Å². The van der Waals surface area contributed by atoms with Crippen molar-refractivity contribution in [3.63, 3.8) is 0 Å². The predicted octanol–water partition coefficient (Wildman–Crippen LogP) is 4.85. The van der Waals surface area contributed by atoms with Gasteiger partial charge < -0.3 is 9.47 Å². The Bertz CT molecular complexity index is 723. The molecule has 2 nitrogen and oxygen atoms in total. The molecule has 0 aliphatic heterocycles. The summed E-state index contributed by atoms with van der Waals surface area (Å²) in [5.41, 5.74) is 9.69. The fourth-order valence-electron chi connectivity index (χ4n) is 3.65. The molecule has 0 heterocycles. The molecule has 0 spiro atoms. The van der Waals surface area contributed by atoms with E-state index < -0.39 is 0 Å². The highest BCUT2D eigenvalue weighted by atomic mass is 16.5. The summed E-state index contributed by atoms with van der Waals surface area (Å²) in [4.78, 5) is 0. The van der Waals surface area contributed by atoms with Crippen LogP contribution in [0.15, 0.2) is 30.3 Å². The van der Waals surface area contributed by atoms with Gasteiger partial charge in [0.1, 0.15) is 0 Å². The molecule has 0 amide bonds. The Kier molecular flexibility index (Phi) is 4.31. The predicted molar refractivity (Wildman–Crippen MR) is 94.8 cm³/mol. The van der Waals surface area contributed by atoms with Gasteiger partial charge in [-0.25, -0.2) is 0 Å². The molecular weight excluding hydrogens is 284 g/mol. The van der Waals surface area contributed by atoms with Crippen molar-refractivity contribution in [2.75, 3.05) is 14.2 Å². The monoisotopic (exact) mass is 310 g/mol. The molecule has 0 radical (unpaired) electrons. The van der Waals surface area contributed by atoms with Gasteiger partial charge in [0.15, 0.2) is 0 Å². The van der Waals surface area contributed by atoms with Crippen molar-refractivity contribution in [1.29, 1.82) is 0 Å². The van der Waals surface area contributed by atoms with Crippen molar-refractivity contribution in [3.8, 4) is 11.1 Å². The van der Waals surface area contributed by atoms with Crippen LogP contribution in [0.1, 0.15) is 48.6 Å². The Balaban J connectivity index is 2.31. The summed E-state index contributed by atoms with van der Waals surface area (Å²) in [6, 6.07) is 11.1. The lowest BCUT2D eigenvalue weighted by Gasteiger charge is -2.26. The first kappa shape index (κ1) is 16.2. The molecule has 0 aromatic heterocycles. The van der Waals surface area contributed by atoms with Crippen LogP contribution < -0.4 is 0 Å². The van der Waals surface area contributed by atoms with Crippen LogP contribution in [-0.2, 0) is 34.5 Å².